The summed E-state index contributed by atoms with van der Waals surface area (Å²) in [7, 11) is 0. The summed E-state index contributed by atoms with van der Waals surface area (Å²) < 4.78 is 14.0. The number of benzene rings is 1. The molecule has 0 aliphatic heterocycles. The molecule has 0 spiro atoms. The zero-order valence-corrected chi connectivity index (χ0v) is 13.7. The molecule has 2 amide bonds. The van der Waals surface area contributed by atoms with Gasteiger partial charge in [0.2, 0.25) is 0 Å². The van der Waals surface area contributed by atoms with Gasteiger partial charge < -0.3 is 10.6 Å². The van der Waals surface area contributed by atoms with E-state index in [4.69, 9.17) is 17.3 Å². The van der Waals surface area contributed by atoms with Crippen molar-refractivity contribution in [2.45, 2.75) is 25.4 Å². The van der Waals surface area contributed by atoms with E-state index in [1.54, 1.807) is 17.0 Å². The number of hydrogen-bond acceptors (Lipinski definition) is 3. The number of carbonyl (C=O) groups is 2. The molecule has 1 aliphatic rings. The second kappa shape index (κ2) is 6.29. The molecule has 2 aromatic rings. The average molecular weight is 353 g/mol. The fraction of sp³-hybridized carbons (Fsp3) is 0.250. The van der Waals surface area contributed by atoms with E-state index < -0.39 is 11.7 Å². The quantitative estimate of drug-likeness (QED) is 0.895. The Hall–Kier alpha value is -1.92. The molecule has 1 aromatic carbocycles. The van der Waals surface area contributed by atoms with Crippen LogP contribution in [0.1, 0.15) is 37.7 Å². The summed E-state index contributed by atoms with van der Waals surface area (Å²) in [5.41, 5.74) is 5.52. The number of hydrogen-bond donors (Lipinski definition) is 1. The maximum atomic E-state index is 14.0. The standard InChI is InChI=1S/C16H14ClFN2O2S/c17-11-2-1-3-12(18)10(11)8-20(9-4-5-9)16(22)14-7-6-13(23-14)15(19)21/h1-3,6-7,9H,4-5,8H2,(H2,19,21). The zero-order valence-electron chi connectivity index (χ0n) is 12.1. The molecule has 0 saturated heterocycles. The molecule has 1 heterocycles. The summed E-state index contributed by atoms with van der Waals surface area (Å²) in [4.78, 5) is 26.2. The first-order valence-corrected chi connectivity index (χ1v) is 8.30. The van der Waals surface area contributed by atoms with E-state index in [9.17, 15) is 14.0 Å². The molecule has 1 aromatic heterocycles. The van der Waals surface area contributed by atoms with Crippen LogP contribution in [0.2, 0.25) is 5.02 Å². The van der Waals surface area contributed by atoms with Crippen LogP contribution in [-0.2, 0) is 6.54 Å². The summed E-state index contributed by atoms with van der Waals surface area (Å²) in [6.45, 7) is 0.110. The Morgan fingerprint density at radius 1 is 1.26 bits per heavy atom. The molecule has 1 aliphatic carbocycles. The van der Waals surface area contributed by atoms with Crippen LogP contribution in [0.25, 0.3) is 0 Å². The fourth-order valence-electron chi connectivity index (χ4n) is 2.33. The highest BCUT2D eigenvalue weighted by Gasteiger charge is 2.34. The van der Waals surface area contributed by atoms with Gasteiger partial charge in [-0.05, 0) is 37.1 Å². The third-order valence-corrected chi connectivity index (χ3v) is 5.14. The van der Waals surface area contributed by atoms with E-state index in [1.807, 2.05) is 0 Å². The molecule has 3 rings (SSSR count). The van der Waals surface area contributed by atoms with Gasteiger partial charge in [0.25, 0.3) is 11.8 Å². The number of amides is 2. The van der Waals surface area contributed by atoms with Crippen molar-refractivity contribution in [3.63, 3.8) is 0 Å². The van der Waals surface area contributed by atoms with Crippen molar-refractivity contribution in [1.82, 2.24) is 4.90 Å². The van der Waals surface area contributed by atoms with Crippen LogP contribution in [0.4, 0.5) is 4.39 Å². The maximum absolute atomic E-state index is 14.0. The molecule has 23 heavy (non-hydrogen) atoms. The normalized spacial score (nSPS) is 13.8. The minimum Gasteiger partial charge on any atom is -0.365 e. The van der Waals surface area contributed by atoms with Crippen molar-refractivity contribution >= 4 is 34.8 Å². The molecule has 0 bridgehead atoms. The van der Waals surface area contributed by atoms with Gasteiger partial charge in [0.05, 0.1) is 16.3 Å². The Balaban J connectivity index is 1.86. The molecule has 120 valence electrons. The Kier molecular flexibility index (Phi) is 4.37. The topological polar surface area (TPSA) is 63.4 Å². The van der Waals surface area contributed by atoms with E-state index in [0.717, 1.165) is 24.2 Å². The zero-order chi connectivity index (χ0) is 16.6. The van der Waals surface area contributed by atoms with Crippen LogP contribution in [0.5, 0.6) is 0 Å². The molecule has 0 unspecified atom stereocenters. The van der Waals surface area contributed by atoms with Crippen molar-refractivity contribution in [2.24, 2.45) is 5.73 Å². The van der Waals surface area contributed by atoms with E-state index in [1.165, 1.54) is 18.2 Å². The van der Waals surface area contributed by atoms with Gasteiger partial charge in [-0.1, -0.05) is 17.7 Å². The van der Waals surface area contributed by atoms with Crippen molar-refractivity contribution in [3.8, 4) is 0 Å². The van der Waals surface area contributed by atoms with Gasteiger partial charge >= 0.3 is 0 Å². The maximum Gasteiger partial charge on any atom is 0.264 e. The van der Waals surface area contributed by atoms with Gasteiger partial charge in [-0.3, -0.25) is 9.59 Å². The predicted octanol–water partition coefficient (Wildman–Crippen LogP) is 3.44. The van der Waals surface area contributed by atoms with Gasteiger partial charge in [-0.15, -0.1) is 11.3 Å². The van der Waals surface area contributed by atoms with E-state index in [2.05, 4.69) is 0 Å². The summed E-state index contributed by atoms with van der Waals surface area (Å²) in [6.07, 6.45) is 1.76. The third kappa shape index (κ3) is 3.38. The lowest BCUT2D eigenvalue weighted by Gasteiger charge is -2.22. The first-order chi connectivity index (χ1) is 11.0. The minimum atomic E-state index is -0.566. The van der Waals surface area contributed by atoms with Gasteiger partial charge in [0, 0.05) is 16.6 Å². The predicted molar refractivity (Wildman–Crippen MR) is 87.1 cm³/mol. The van der Waals surface area contributed by atoms with Gasteiger partial charge in [-0.2, -0.15) is 0 Å². The first-order valence-electron chi connectivity index (χ1n) is 7.11. The third-order valence-electron chi connectivity index (χ3n) is 3.70. The van der Waals surface area contributed by atoms with Crippen molar-refractivity contribution in [3.05, 3.63) is 56.5 Å². The molecule has 7 heteroatoms. The number of halogens is 2. The molecule has 1 fully saturated rings. The lowest BCUT2D eigenvalue weighted by Crippen LogP contribution is -2.32. The molecule has 0 atom stereocenters. The molecule has 0 radical (unpaired) electrons. The largest absolute Gasteiger partial charge is 0.365 e. The summed E-state index contributed by atoms with van der Waals surface area (Å²) in [5, 5.41) is 0.299. The van der Waals surface area contributed by atoms with Gasteiger partial charge in [-0.25, -0.2) is 4.39 Å². The van der Waals surface area contributed by atoms with E-state index in [-0.39, 0.29) is 18.5 Å². The van der Waals surface area contributed by atoms with Crippen LogP contribution >= 0.6 is 22.9 Å². The highest BCUT2D eigenvalue weighted by atomic mass is 35.5. The fourth-order valence-corrected chi connectivity index (χ4v) is 3.37. The van der Waals surface area contributed by atoms with E-state index >= 15 is 0 Å². The lowest BCUT2D eigenvalue weighted by atomic mass is 10.2. The second-order valence-electron chi connectivity index (χ2n) is 5.39. The molecule has 4 nitrogen and oxygen atoms in total. The Labute approximate surface area is 141 Å². The van der Waals surface area contributed by atoms with E-state index in [0.29, 0.717) is 20.3 Å². The van der Waals surface area contributed by atoms with Crippen molar-refractivity contribution in [1.29, 1.82) is 0 Å². The Morgan fingerprint density at radius 3 is 2.52 bits per heavy atom. The van der Waals surface area contributed by atoms with Crippen LogP contribution in [0.15, 0.2) is 30.3 Å². The Bertz CT molecular complexity index is 753. The highest BCUT2D eigenvalue weighted by molar-refractivity contribution is 7.15. The minimum absolute atomic E-state index is 0.0808. The molecule has 2 N–H and O–H groups in total. The SMILES string of the molecule is NC(=O)c1ccc(C(=O)N(Cc2c(F)cccc2Cl)C2CC2)s1. The number of primary amides is 1. The van der Waals surface area contributed by atoms with Gasteiger partial charge in [0.15, 0.2) is 0 Å². The Morgan fingerprint density at radius 2 is 1.96 bits per heavy atom. The highest BCUT2D eigenvalue weighted by Crippen LogP contribution is 2.33. The van der Waals surface area contributed by atoms with Crippen LogP contribution in [0, 0.1) is 5.82 Å². The summed E-state index contributed by atoms with van der Waals surface area (Å²) >= 11 is 7.11. The monoisotopic (exact) mass is 352 g/mol. The van der Waals surface area contributed by atoms with Gasteiger partial charge in [0.1, 0.15) is 5.82 Å². The number of thiophene rings is 1. The summed E-state index contributed by atoms with van der Waals surface area (Å²) in [5.74, 6) is -1.23. The number of carbonyl (C=O) groups excluding carboxylic acids is 2. The first kappa shape index (κ1) is 16.0. The second-order valence-corrected chi connectivity index (χ2v) is 6.88. The van der Waals surface area contributed by atoms with Crippen LogP contribution < -0.4 is 5.73 Å². The van der Waals surface area contributed by atoms with Crippen LogP contribution in [0.3, 0.4) is 0 Å². The van der Waals surface area contributed by atoms with Crippen molar-refractivity contribution in [2.75, 3.05) is 0 Å². The lowest BCUT2D eigenvalue weighted by molar-refractivity contribution is 0.0733. The van der Waals surface area contributed by atoms with Crippen LogP contribution in [-0.4, -0.2) is 22.8 Å². The van der Waals surface area contributed by atoms with Crippen molar-refractivity contribution < 1.29 is 14.0 Å². The smallest absolute Gasteiger partial charge is 0.264 e. The average Bonchev–Trinajstić information content (AvgIpc) is 3.21. The molecule has 1 saturated carbocycles. The number of nitrogens with two attached hydrogens (primary N) is 1. The number of rotatable bonds is 5. The molecular formula is C16H14ClFN2O2S. The molecular weight excluding hydrogens is 339 g/mol. The number of nitrogens with zero attached hydrogens (tertiary/aromatic N) is 1. The summed E-state index contributed by atoms with van der Waals surface area (Å²) in [6, 6.07) is 7.64.